The van der Waals surface area contributed by atoms with Gasteiger partial charge in [0.15, 0.2) is 5.82 Å². The van der Waals surface area contributed by atoms with Gasteiger partial charge in [-0.05, 0) is 46.3 Å². The molecule has 0 saturated carbocycles. The Labute approximate surface area is 141 Å². The Morgan fingerprint density at radius 2 is 1.91 bits per heavy atom. The number of nitrogens with one attached hydrogen (secondary N) is 2. The number of nitriles is 1. The number of benzene rings is 2. The van der Waals surface area contributed by atoms with Crippen molar-refractivity contribution < 1.29 is 0 Å². The standard InChI is InChI=1S/C16H11BrN6/c17-13-6-1-2-7-14(13)21-15-10-19-23-16(22-15)20-12-5-3-4-11(8-12)9-18/h1-8,10H,(H2,20,21,22,23). The van der Waals surface area contributed by atoms with Crippen LogP contribution in [0.4, 0.5) is 23.1 Å². The van der Waals surface area contributed by atoms with Crippen LogP contribution in [0.5, 0.6) is 0 Å². The lowest BCUT2D eigenvalue weighted by Crippen LogP contribution is -2.02. The molecule has 0 unspecified atom stereocenters. The Kier molecular flexibility index (Phi) is 4.45. The predicted octanol–water partition coefficient (Wildman–Crippen LogP) is 3.99. The van der Waals surface area contributed by atoms with Gasteiger partial charge >= 0.3 is 0 Å². The van der Waals surface area contributed by atoms with Gasteiger partial charge < -0.3 is 10.6 Å². The van der Waals surface area contributed by atoms with Gasteiger partial charge in [0, 0.05) is 10.2 Å². The van der Waals surface area contributed by atoms with Crippen molar-refractivity contribution in [3.8, 4) is 6.07 Å². The lowest BCUT2D eigenvalue weighted by Gasteiger charge is -2.09. The van der Waals surface area contributed by atoms with Crippen LogP contribution < -0.4 is 10.6 Å². The molecule has 0 atom stereocenters. The van der Waals surface area contributed by atoms with E-state index in [1.165, 1.54) is 6.20 Å². The van der Waals surface area contributed by atoms with Crippen LogP contribution in [0.25, 0.3) is 0 Å². The minimum Gasteiger partial charge on any atom is -0.338 e. The highest BCUT2D eigenvalue weighted by Gasteiger charge is 2.04. The first-order chi connectivity index (χ1) is 11.2. The first kappa shape index (κ1) is 14.9. The second kappa shape index (κ2) is 6.85. The van der Waals surface area contributed by atoms with E-state index in [-0.39, 0.29) is 0 Å². The van der Waals surface area contributed by atoms with E-state index in [1.807, 2.05) is 30.3 Å². The van der Waals surface area contributed by atoms with Gasteiger partial charge in [-0.15, -0.1) is 5.10 Å². The van der Waals surface area contributed by atoms with Crippen LogP contribution >= 0.6 is 15.9 Å². The Morgan fingerprint density at radius 1 is 1.04 bits per heavy atom. The minimum absolute atomic E-state index is 0.345. The summed E-state index contributed by atoms with van der Waals surface area (Å²) in [6, 6.07) is 16.9. The number of halogens is 1. The van der Waals surface area contributed by atoms with Gasteiger partial charge in [0.25, 0.3) is 0 Å². The summed E-state index contributed by atoms with van der Waals surface area (Å²) >= 11 is 3.47. The van der Waals surface area contributed by atoms with Crippen molar-refractivity contribution in [1.29, 1.82) is 5.26 Å². The first-order valence-corrected chi connectivity index (χ1v) is 7.52. The maximum absolute atomic E-state index is 8.93. The SMILES string of the molecule is N#Cc1cccc(Nc2nncc(Nc3ccccc3Br)n2)c1. The number of aromatic nitrogens is 3. The fraction of sp³-hybridized carbons (Fsp3) is 0. The fourth-order valence-electron chi connectivity index (χ4n) is 1.91. The molecule has 1 aromatic heterocycles. The summed E-state index contributed by atoms with van der Waals surface area (Å²) in [5, 5.41) is 23.0. The molecule has 0 aliphatic heterocycles. The van der Waals surface area contributed by atoms with E-state index < -0.39 is 0 Å². The third kappa shape index (κ3) is 3.81. The molecule has 0 radical (unpaired) electrons. The van der Waals surface area contributed by atoms with E-state index in [0.29, 0.717) is 17.3 Å². The molecule has 0 spiro atoms. The molecule has 2 aromatic carbocycles. The number of rotatable bonds is 4. The first-order valence-electron chi connectivity index (χ1n) is 6.73. The Morgan fingerprint density at radius 3 is 2.74 bits per heavy atom. The van der Waals surface area contributed by atoms with Gasteiger partial charge in [0.1, 0.15) is 0 Å². The summed E-state index contributed by atoms with van der Waals surface area (Å²) in [4.78, 5) is 4.36. The molecule has 112 valence electrons. The Hall–Kier alpha value is -2.98. The second-order valence-electron chi connectivity index (χ2n) is 4.59. The molecular formula is C16H11BrN6. The topological polar surface area (TPSA) is 86.5 Å². The van der Waals surface area contributed by atoms with Crippen LogP contribution in [0.1, 0.15) is 5.56 Å². The van der Waals surface area contributed by atoms with Crippen molar-refractivity contribution in [2.75, 3.05) is 10.6 Å². The average molecular weight is 367 g/mol. The van der Waals surface area contributed by atoms with Crippen LogP contribution in [0.3, 0.4) is 0 Å². The van der Waals surface area contributed by atoms with Gasteiger partial charge in [-0.2, -0.15) is 15.3 Å². The average Bonchev–Trinajstić information content (AvgIpc) is 2.57. The van der Waals surface area contributed by atoms with Crippen LogP contribution in [-0.4, -0.2) is 15.2 Å². The fourth-order valence-corrected chi connectivity index (χ4v) is 2.30. The van der Waals surface area contributed by atoms with Crippen molar-refractivity contribution in [2.45, 2.75) is 0 Å². The van der Waals surface area contributed by atoms with E-state index in [9.17, 15) is 0 Å². The second-order valence-corrected chi connectivity index (χ2v) is 5.44. The molecule has 0 bridgehead atoms. The van der Waals surface area contributed by atoms with Gasteiger partial charge in [-0.25, -0.2) is 0 Å². The van der Waals surface area contributed by atoms with Crippen LogP contribution in [0, 0.1) is 11.3 Å². The summed E-state index contributed by atoms with van der Waals surface area (Å²) in [6.45, 7) is 0. The smallest absolute Gasteiger partial charge is 0.249 e. The molecule has 0 fully saturated rings. The van der Waals surface area contributed by atoms with Gasteiger partial charge in [-0.1, -0.05) is 18.2 Å². The third-order valence-corrected chi connectivity index (χ3v) is 3.63. The van der Waals surface area contributed by atoms with E-state index in [0.717, 1.165) is 15.8 Å². The summed E-state index contributed by atoms with van der Waals surface area (Å²) in [6.07, 6.45) is 1.54. The molecule has 7 heteroatoms. The third-order valence-electron chi connectivity index (χ3n) is 2.94. The summed E-state index contributed by atoms with van der Waals surface area (Å²) in [5.74, 6) is 0.906. The molecule has 6 nitrogen and oxygen atoms in total. The van der Waals surface area contributed by atoms with Crippen molar-refractivity contribution in [3.05, 3.63) is 64.8 Å². The van der Waals surface area contributed by atoms with Crippen molar-refractivity contribution in [1.82, 2.24) is 15.2 Å². The van der Waals surface area contributed by atoms with Gasteiger partial charge in [-0.3, -0.25) is 0 Å². The molecule has 0 saturated heterocycles. The van der Waals surface area contributed by atoms with Gasteiger partial charge in [0.05, 0.1) is 23.5 Å². The Bertz CT molecular complexity index is 874. The van der Waals surface area contributed by atoms with Crippen molar-refractivity contribution in [3.63, 3.8) is 0 Å². The number of para-hydroxylation sites is 1. The largest absolute Gasteiger partial charge is 0.338 e. The van der Waals surface area contributed by atoms with E-state index >= 15 is 0 Å². The summed E-state index contributed by atoms with van der Waals surface area (Å²) in [7, 11) is 0. The van der Waals surface area contributed by atoms with E-state index in [2.05, 4.69) is 47.8 Å². The lowest BCUT2D eigenvalue weighted by atomic mass is 10.2. The normalized spacial score (nSPS) is 9.91. The highest BCUT2D eigenvalue weighted by Crippen LogP contribution is 2.24. The van der Waals surface area contributed by atoms with Crippen LogP contribution in [-0.2, 0) is 0 Å². The molecule has 1 heterocycles. The highest BCUT2D eigenvalue weighted by molar-refractivity contribution is 9.10. The number of hydrogen-bond acceptors (Lipinski definition) is 6. The molecule has 0 aliphatic rings. The zero-order valence-corrected chi connectivity index (χ0v) is 13.4. The Balaban J connectivity index is 1.80. The van der Waals surface area contributed by atoms with Crippen LogP contribution in [0.15, 0.2) is 59.2 Å². The highest BCUT2D eigenvalue weighted by atomic mass is 79.9. The van der Waals surface area contributed by atoms with Crippen molar-refractivity contribution in [2.24, 2.45) is 0 Å². The number of hydrogen-bond donors (Lipinski definition) is 2. The minimum atomic E-state index is 0.345. The zero-order valence-electron chi connectivity index (χ0n) is 11.9. The molecular weight excluding hydrogens is 356 g/mol. The monoisotopic (exact) mass is 366 g/mol. The predicted molar refractivity (Wildman–Crippen MR) is 91.7 cm³/mol. The van der Waals surface area contributed by atoms with Crippen LogP contribution in [0.2, 0.25) is 0 Å². The molecule has 0 aliphatic carbocycles. The molecule has 23 heavy (non-hydrogen) atoms. The zero-order chi connectivity index (χ0) is 16.1. The molecule has 0 amide bonds. The lowest BCUT2D eigenvalue weighted by molar-refractivity contribution is 0.982. The summed E-state index contributed by atoms with van der Waals surface area (Å²) < 4.78 is 0.926. The van der Waals surface area contributed by atoms with Crippen molar-refractivity contribution >= 4 is 39.1 Å². The maximum Gasteiger partial charge on any atom is 0.249 e. The van der Waals surface area contributed by atoms with Gasteiger partial charge in [0.2, 0.25) is 5.95 Å². The molecule has 2 N–H and O–H groups in total. The number of anilines is 4. The molecule has 3 aromatic rings. The quantitative estimate of drug-likeness (QED) is 0.725. The maximum atomic E-state index is 8.93. The summed E-state index contributed by atoms with van der Waals surface area (Å²) in [5.41, 5.74) is 2.17. The number of nitrogens with zero attached hydrogens (tertiary/aromatic N) is 4. The molecule has 3 rings (SSSR count). The van der Waals surface area contributed by atoms with E-state index in [1.54, 1.807) is 18.2 Å². The van der Waals surface area contributed by atoms with E-state index in [4.69, 9.17) is 5.26 Å².